The average molecular weight is 244 g/mol. The molecular formula is C9H9FN2O5. The van der Waals surface area contributed by atoms with Crippen molar-refractivity contribution in [2.24, 2.45) is 5.73 Å². The summed E-state index contributed by atoms with van der Waals surface area (Å²) in [5, 5.41) is 28.3. The Labute approximate surface area is 94.4 Å². The predicted octanol–water partition coefficient (Wildman–Crippen LogP) is 0.914. The number of nitro benzene ring substituents is 1. The lowest BCUT2D eigenvalue weighted by Crippen LogP contribution is -2.15. The molecule has 92 valence electrons. The van der Waals surface area contributed by atoms with Gasteiger partial charge in [-0.25, -0.2) is 4.39 Å². The Kier molecular flexibility index (Phi) is 3.59. The van der Waals surface area contributed by atoms with Crippen molar-refractivity contribution < 1.29 is 24.3 Å². The van der Waals surface area contributed by atoms with E-state index in [2.05, 4.69) is 0 Å². The van der Waals surface area contributed by atoms with E-state index in [0.29, 0.717) is 6.07 Å². The third-order valence-electron chi connectivity index (χ3n) is 2.08. The van der Waals surface area contributed by atoms with Crippen molar-refractivity contribution in [1.29, 1.82) is 0 Å². The summed E-state index contributed by atoms with van der Waals surface area (Å²) in [4.78, 5) is 20.0. The number of phenolic OH excluding ortho intramolecular Hbond substituents is 1. The van der Waals surface area contributed by atoms with Crippen molar-refractivity contribution in [2.45, 2.75) is 12.5 Å². The maximum absolute atomic E-state index is 13.1. The Balaban J connectivity index is 3.22. The van der Waals surface area contributed by atoms with E-state index in [-0.39, 0.29) is 5.56 Å². The van der Waals surface area contributed by atoms with E-state index in [4.69, 9.17) is 10.8 Å². The number of carbonyl (C=O) groups is 1. The Hall–Kier alpha value is -2.22. The number of hydrogen-bond acceptors (Lipinski definition) is 5. The zero-order chi connectivity index (χ0) is 13.2. The molecule has 0 aliphatic carbocycles. The first-order chi connectivity index (χ1) is 7.82. The summed E-state index contributed by atoms with van der Waals surface area (Å²) in [5.74, 6) is -3.34. The highest BCUT2D eigenvalue weighted by Gasteiger charge is 2.21. The summed E-state index contributed by atoms with van der Waals surface area (Å²) in [6.45, 7) is 0. The van der Waals surface area contributed by atoms with Gasteiger partial charge in [0, 0.05) is 17.7 Å². The van der Waals surface area contributed by atoms with E-state index >= 15 is 0 Å². The van der Waals surface area contributed by atoms with Crippen LogP contribution >= 0.6 is 0 Å². The summed E-state index contributed by atoms with van der Waals surface area (Å²) in [6, 6.07) is 0.167. The number of aliphatic carboxylic acids is 1. The quantitative estimate of drug-likeness (QED) is 0.533. The second-order valence-corrected chi connectivity index (χ2v) is 3.33. The molecule has 17 heavy (non-hydrogen) atoms. The number of nitro groups is 1. The lowest BCUT2D eigenvalue weighted by atomic mass is 10.0. The third-order valence-corrected chi connectivity index (χ3v) is 2.08. The molecule has 1 atom stereocenters. The largest absolute Gasteiger partial charge is 0.505 e. The van der Waals surface area contributed by atoms with Gasteiger partial charge in [-0.05, 0) is 0 Å². The second-order valence-electron chi connectivity index (χ2n) is 3.33. The van der Waals surface area contributed by atoms with Crippen LogP contribution in [0, 0.1) is 15.9 Å². The molecule has 0 saturated heterocycles. The van der Waals surface area contributed by atoms with Crippen molar-refractivity contribution in [3.63, 3.8) is 0 Å². The Morgan fingerprint density at radius 3 is 2.65 bits per heavy atom. The van der Waals surface area contributed by atoms with Gasteiger partial charge < -0.3 is 15.9 Å². The molecule has 1 unspecified atom stereocenters. The smallest absolute Gasteiger partial charge is 0.305 e. The molecule has 1 aromatic rings. The summed E-state index contributed by atoms with van der Waals surface area (Å²) in [7, 11) is 0. The summed E-state index contributed by atoms with van der Waals surface area (Å²) < 4.78 is 13.1. The van der Waals surface area contributed by atoms with E-state index in [1.54, 1.807) is 0 Å². The number of carboxylic acid groups (broad SMARTS) is 1. The molecule has 0 spiro atoms. The number of nitrogens with two attached hydrogens (primary N) is 1. The number of nitrogens with zero attached hydrogens (tertiary/aromatic N) is 1. The number of phenols is 1. The van der Waals surface area contributed by atoms with Crippen LogP contribution in [-0.2, 0) is 4.79 Å². The number of aromatic hydroxyl groups is 1. The monoisotopic (exact) mass is 244 g/mol. The van der Waals surface area contributed by atoms with Crippen LogP contribution in [0.2, 0.25) is 0 Å². The van der Waals surface area contributed by atoms with Crippen LogP contribution < -0.4 is 5.73 Å². The molecule has 7 nitrogen and oxygen atoms in total. The van der Waals surface area contributed by atoms with E-state index in [1.807, 2.05) is 0 Å². The van der Waals surface area contributed by atoms with Gasteiger partial charge in [-0.3, -0.25) is 14.9 Å². The Morgan fingerprint density at radius 1 is 1.59 bits per heavy atom. The maximum atomic E-state index is 13.1. The topological polar surface area (TPSA) is 127 Å². The van der Waals surface area contributed by atoms with Crippen LogP contribution in [0.5, 0.6) is 5.75 Å². The molecule has 0 saturated carbocycles. The van der Waals surface area contributed by atoms with Crippen molar-refractivity contribution in [1.82, 2.24) is 0 Å². The summed E-state index contributed by atoms with van der Waals surface area (Å²) in [5.41, 5.74) is 4.50. The lowest BCUT2D eigenvalue weighted by molar-refractivity contribution is -0.385. The van der Waals surface area contributed by atoms with Crippen molar-refractivity contribution in [2.75, 3.05) is 0 Å². The molecule has 0 radical (unpaired) electrons. The van der Waals surface area contributed by atoms with E-state index in [9.17, 15) is 24.4 Å². The number of carboxylic acids is 1. The molecule has 0 bridgehead atoms. The fourth-order valence-electron chi connectivity index (χ4n) is 1.29. The van der Waals surface area contributed by atoms with Crippen LogP contribution in [0.1, 0.15) is 18.0 Å². The minimum Gasteiger partial charge on any atom is -0.505 e. The zero-order valence-electron chi connectivity index (χ0n) is 8.46. The van der Waals surface area contributed by atoms with Gasteiger partial charge in [0.05, 0.1) is 17.4 Å². The highest BCUT2D eigenvalue weighted by Crippen LogP contribution is 2.31. The number of hydrogen-bond donors (Lipinski definition) is 3. The van der Waals surface area contributed by atoms with Crippen molar-refractivity contribution in [3.8, 4) is 5.75 Å². The number of benzene rings is 1. The molecule has 0 amide bonds. The molecule has 0 heterocycles. The van der Waals surface area contributed by atoms with Crippen LogP contribution in [0.25, 0.3) is 0 Å². The molecule has 0 aliphatic rings. The Bertz CT molecular complexity index is 477. The highest BCUT2D eigenvalue weighted by molar-refractivity contribution is 5.68. The second kappa shape index (κ2) is 4.74. The van der Waals surface area contributed by atoms with E-state index in [1.165, 1.54) is 0 Å². The summed E-state index contributed by atoms with van der Waals surface area (Å²) >= 11 is 0. The number of halogens is 1. The first-order valence-corrected chi connectivity index (χ1v) is 4.47. The van der Waals surface area contributed by atoms with Gasteiger partial charge in [0.2, 0.25) is 0 Å². The van der Waals surface area contributed by atoms with Crippen molar-refractivity contribution in [3.05, 3.63) is 33.6 Å². The fraction of sp³-hybridized carbons (Fsp3) is 0.222. The standard InChI is InChI=1S/C9H9FN2O5/c10-6-2-4(12(16)17)1-5(9(6)15)7(11)3-8(13)14/h1-2,7,15H,3,11H2,(H,13,14). The lowest BCUT2D eigenvalue weighted by Gasteiger charge is -2.11. The number of rotatable bonds is 4. The molecular weight excluding hydrogens is 235 g/mol. The van der Waals surface area contributed by atoms with Gasteiger partial charge >= 0.3 is 5.97 Å². The first kappa shape index (κ1) is 12.8. The minimum absolute atomic E-state index is 0.306. The molecule has 4 N–H and O–H groups in total. The Morgan fingerprint density at radius 2 is 2.18 bits per heavy atom. The van der Waals surface area contributed by atoms with E-state index in [0.717, 1.165) is 6.07 Å². The average Bonchev–Trinajstić information content (AvgIpc) is 2.20. The first-order valence-electron chi connectivity index (χ1n) is 4.47. The zero-order valence-corrected chi connectivity index (χ0v) is 8.46. The SMILES string of the molecule is NC(CC(=O)O)c1cc([N+](=O)[O-])cc(F)c1O. The molecule has 1 rings (SSSR count). The normalized spacial score (nSPS) is 12.1. The molecule has 8 heteroatoms. The maximum Gasteiger partial charge on any atom is 0.305 e. The van der Waals surface area contributed by atoms with Gasteiger partial charge in [-0.1, -0.05) is 0 Å². The molecule has 1 aromatic carbocycles. The minimum atomic E-state index is -1.26. The fourth-order valence-corrected chi connectivity index (χ4v) is 1.29. The molecule has 0 aliphatic heterocycles. The van der Waals surface area contributed by atoms with Crippen LogP contribution in [0.4, 0.5) is 10.1 Å². The predicted molar refractivity (Wildman–Crippen MR) is 53.9 cm³/mol. The molecule has 0 aromatic heterocycles. The van der Waals surface area contributed by atoms with Gasteiger partial charge in [0.1, 0.15) is 0 Å². The van der Waals surface area contributed by atoms with Gasteiger partial charge in [-0.15, -0.1) is 0 Å². The van der Waals surface area contributed by atoms with Crippen molar-refractivity contribution >= 4 is 11.7 Å². The van der Waals surface area contributed by atoms with Crippen LogP contribution in [0.15, 0.2) is 12.1 Å². The van der Waals surface area contributed by atoms with Crippen LogP contribution in [0.3, 0.4) is 0 Å². The van der Waals surface area contributed by atoms with Gasteiger partial charge in [0.25, 0.3) is 5.69 Å². The number of non-ortho nitro benzene ring substituents is 1. The molecule has 0 fully saturated rings. The summed E-state index contributed by atoms with van der Waals surface area (Å²) in [6.07, 6.45) is -0.575. The van der Waals surface area contributed by atoms with Crippen LogP contribution in [-0.4, -0.2) is 21.1 Å². The van der Waals surface area contributed by atoms with Gasteiger partial charge in [0.15, 0.2) is 11.6 Å². The van der Waals surface area contributed by atoms with E-state index < -0.39 is 40.6 Å². The highest BCUT2D eigenvalue weighted by atomic mass is 19.1. The third kappa shape index (κ3) is 2.88. The van der Waals surface area contributed by atoms with Gasteiger partial charge in [-0.2, -0.15) is 0 Å².